The number of primary amides is 1. The molecule has 1 saturated carbocycles. The fourth-order valence-corrected chi connectivity index (χ4v) is 5.07. The smallest absolute Gasteiger partial charge is 0.319 e. The van der Waals surface area contributed by atoms with Crippen LogP contribution in [0.25, 0.3) is 0 Å². The monoisotopic (exact) mass is 451 g/mol. The average molecular weight is 452 g/mol. The van der Waals surface area contributed by atoms with Gasteiger partial charge >= 0.3 is 6.03 Å². The summed E-state index contributed by atoms with van der Waals surface area (Å²) in [4.78, 5) is 25.6. The van der Waals surface area contributed by atoms with Crippen molar-refractivity contribution in [2.75, 3.05) is 35.8 Å². The molecule has 0 radical (unpaired) electrons. The molecule has 0 spiro atoms. The molecule has 33 heavy (non-hydrogen) atoms. The minimum absolute atomic E-state index is 0.351. The third-order valence-electron chi connectivity index (χ3n) is 6.96. The Hall–Kier alpha value is -2.87. The van der Waals surface area contributed by atoms with Crippen LogP contribution in [0.1, 0.15) is 55.3 Å². The van der Waals surface area contributed by atoms with Gasteiger partial charge in [-0.15, -0.1) is 0 Å². The highest BCUT2D eigenvalue weighted by Crippen LogP contribution is 2.31. The van der Waals surface area contributed by atoms with Crippen molar-refractivity contribution in [1.29, 1.82) is 0 Å². The van der Waals surface area contributed by atoms with E-state index in [4.69, 9.17) is 21.4 Å². The van der Waals surface area contributed by atoms with Gasteiger partial charge in [-0.2, -0.15) is 4.98 Å². The number of carbonyl (C=O) groups excluding carboxylic acids is 1. The molecule has 0 unspecified atom stereocenters. The molecule has 8 nitrogen and oxygen atoms in total. The zero-order chi connectivity index (χ0) is 23.4. The molecule has 0 bridgehead atoms. The van der Waals surface area contributed by atoms with Crippen molar-refractivity contribution in [2.45, 2.75) is 64.0 Å². The molecule has 1 fully saturated rings. The number of aromatic nitrogens is 2. The van der Waals surface area contributed by atoms with E-state index in [2.05, 4.69) is 24.3 Å². The lowest BCUT2D eigenvalue weighted by atomic mass is 9.85. The quantitative estimate of drug-likeness (QED) is 0.594. The van der Waals surface area contributed by atoms with Crippen LogP contribution in [0.5, 0.6) is 0 Å². The molecule has 2 aliphatic carbocycles. The van der Waals surface area contributed by atoms with Crippen molar-refractivity contribution in [2.24, 2.45) is 17.4 Å². The molecule has 1 aromatic heterocycles. The van der Waals surface area contributed by atoms with Crippen molar-refractivity contribution in [3.63, 3.8) is 0 Å². The van der Waals surface area contributed by atoms with E-state index in [0.29, 0.717) is 25.0 Å². The van der Waals surface area contributed by atoms with E-state index in [1.807, 2.05) is 24.3 Å². The van der Waals surface area contributed by atoms with E-state index in [1.165, 1.54) is 24.1 Å². The third-order valence-corrected chi connectivity index (χ3v) is 6.96. The predicted molar refractivity (Wildman–Crippen MR) is 134 cm³/mol. The maximum Gasteiger partial charge on any atom is 0.319 e. The summed E-state index contributed by atoms with van der Waals surface area (Å²) in [7, 11) is 4.11. The van der Waals surface area contributed by atoms with E-state index in [0.717, 1.165) is 61.5 Å². The number of aryl methyl sites for hydroxylation is 1. The molecule has 0 atom stereocenters. The molecule has 0 saturated heterocycles. The summed E-state index contributed by atoms with van der Waals surface area (Å²) in [6.07, 6.45) is 8.65. The van der Waals surface area contributed by atoms with Crippen molar-refractivity contribution in [3.05, 3.63) is 41.1 Å². The average Bonchev–Trinajstić information content (AvgIpc) is 2.83. The normalized spacial score (nSPS) is 20.1. The summed E-state index contributed by atoms with van der Waals surface area (Å²) >= 11 is 0. The zero-order valence-corrected chi connectivity index (χ0v) is 19.9. The topological polar surface area (TPSA) is 113 Å². The maximum absolute atomic E-state index is 12.1. The second-order valence-electron chi connectivity index (χ2n) is 9.58. The summed E-state index contributed by atoms with van der Waals surface area (Å²) in [6, 6.07) is 7.70. The first-order valence-corrected chi connectivity index (χ1v) is 12.1. The number of hydrogen-bond acceptors (Lipinski definition) is 6. The van der Waals surface area contributed by atoms with Gasteiger partial charge in [0.15, 0.2) is 0 Å². The number of nitrogens with two attached hydrogens (primary N) is 2. The number of rotatable bonds is 7. The molecule has 1 heterocycles. The Kier molecular flexibility index (Phi) is 7.33. The van der Waals surface area contributed by atoms with Crippen LogP contribution in [-0.4, -0.2) is 42.7 Å². The lowest BCUT2D eigenvalue weighted by Gasteiger charge is -2.33. The SMILES string of the molecule is CN(C)c1nc(N[C@H]2CC[C@@H](CN(C(N)=O)c3ccc(CN)cc3)CC2)nc2c1CCCC2. The van der Waals surface area contributed by atoms with Gasteiger partial charge in [0.2, 0.25) is 5.95 Å². The van der Waals surface area contributed by atoms with Crippen LogP contribution >= 0.6 is 0 Å². The summed E-state index contributed by atoms with van der Waals surface area (Å²) in [5, 5.41) is 3.60. The summed E-state index contributed by atoms with van der Waals surface area (Å²) in [5.74, 6) is 2.22. The first-order chi connectivity index (χ1) is 15.9. The summed E-state index contributed by atoms with van der Waals surface area (Å²) in [6.45, 7) is 1.13. The summed E-state index contributed by atoms with van der Waals surface area (Å²) in [5.41, 5.74) is 15.8. The van der Waals surface area contributed by atoms with Gasteiger partial charge in [0.1, 0.15) is 5.82 Å². The van der Waals surface area contributed by atoms with Gasteiger partial charge in [-0.3, -0.25) is 4.90 Å². The first kappa shape index (κ1) is 23.3. The number of benzene rings is 1. The fraction of sp³-hybridized carbons (Fsp3) is 0.560. The third kappa shape index (κ3) is 5.55. The second kappa shape index (κ2) is 10.4. The van der Waals surface area contributed by atoms with Crippen molar-refractivity contribution in [3.8, 4) is 0 Å². The molecule has 2 aliphatic rings. The number of carbonyl (C=O) groups is 1. The highest BCUT2D eigenvalue weighted by Gasteiger charge is 2.26. The molecule has 5 N–H and O–H groups in total. The van der Waals surface area contributed by atoms with Gasteiger partial charge in [-0.25, -0.2) is 9.78 Å². The second-order valence-corrected chi connectivity index (χ2v) is 9.58. The largest absolute Gasteiger partial charge is 0.362 e. The molecule has 2 amide bonds. The Morgan fingerprint density at radius 1 is 1.06 bits per heavy atom. The van der Waals surface area contributed by atoms with E-state index in [9.17, 15) is 4.79 Å². The minimum Gasteiger partial charge on any atom is -0.362 e. The van der Waals surface area contributed by atoms with Crippen LogP contribution in [0.2, 0.25) is 0 Å². The molecule has 2 aromatic rings. The molecular formula is C25H37N7O. The van der Waals surface area contributed by atoms with Crippen molar-refractivity contribution in [1.82, 2.24) is 9.97 Å². The molecular weight excluding hydrogens is 414 g/mol. The molecule has 4 rings (SSSR count). The van der Waals surface area contributed by atoms with Crippen LogP contribution < -0.4 is 26.6 Å². The number of anilines is 3. The highest BCUT2D eigenvalue weighted by molar-refractivity contribution is 5.90. The highest BCUT2D eigenvalue weighted by atomic mass is 16.2. The maximum atomic E-state index is 12.1. The Morgan fingerprint density at radius 3 is 2.39 bits per heavy atom. The fourth-order valence-electron chi connectivity index (χ4n) is 5.07. The number of fused-ring (bicyclic) bond motifs is 1. The van der Waals surface area contributed by atoms with Gasteiger partial charge in [0.25, 0.3) is 0 Å². The zero-order valence-electron chi connectivity index (χ0n) is 19.9. The van der Waals surface area contributed by atoms with Gasteiger partial charge < -0.3 is 21.7 Å². The molecule has 0 aliphatic heterocycles. The van der Waals surface area contributed by atoms with Gasteiger partial charge in [0, 0.05) is 44.5 Å². The lowest BCUT2D eigenvalue weighted by molar-refractivity contribution is 0.250. The van der Waals surface area contributed by atoms with Gasteiger partial charge in [0.05, 0.1) is 5.69 Å². The van der Waals surface area contributed by atoms with E-state index in [-0.39, 0.29) is 0 Å². The van der Waals surface area contributed by atoms with Gasteiger partial charge in [-0.1, -0.05) is 12.1 Å². The summed E-state index contributed by atoms with van der Waals surface area (Å²) < 4.78 is 0. The van der Waals surface area contributed by atoms with Gasteiger partial charge in [-0.05, 0) is 75.0 Å². The number of hydrogen-bond donors (Lipinski definition) is 3. The minimum atomic E-state index is -0.408. The number of nitrogens with zero attached hydrogens (tertiary/aromatic N) is 4. The predicted octanol–water partition coefficient (Wildman–Crippen LogP) is 3.44. The Bertz CT molecular complexity index is 952. The van der Waals surface area contributed by atoms with Crippen LogP contribution in [0.4, 0.5) is 22.2 Å². The molecule has 8 heteroatoms. The standard InChI is InChI=1S/C25H37N7O/c1-31(2)23-21-5-3-4-6-22(21)29-25(30-23)28-19-11-7-18(8-12-19)16-32(24(27)33)20-13-9-17(15-26)10-14-20/h9-10,13-14,18-19H,3-8,11-12,15-16,26H2,1-2H3,(H2,27,33)(H,28,29,30)/t18-,19+. The van der Waals surface area contributed by atoms with E-state index < -0.39 is 6.03 Å². The number of nitrogens with one attached hydrogen (secondary N) is 1. The number of urea groups is 1. The van der Waals surface area contributed by atoms with Crippen molar-refractivity contribution >= 4 is 23.5 Å². The first-order valence-electron chi connectivity index (χ1n) is 12.1. The van der Waals surface area contributed by atoms with E-state index in [1.54, 1.807) is 4.90 Å². The van der Waals surface area contributed by atoms with Crippen molar-refractivity contribution < 1.29 is 4.79 Å². The van der Waals surface area contributed by atoms with Crippen LogP contribution in [0, 0.1) is 5.92 Å². The van der Waals surface area contributed by atoms with Crippen LogP contribution in [-0.2, 0) is 19.4 Å². The van der Waals surface area contributed by atoms with Crippen LogP contribution in [0.15, 0.2) is 24.3 Å². The number of amides is 2. The Morgan fingerprint density at radius 2 is 1.76 bits per heavy atom. The lowest BCUT2D eigenvalue weighted by Crippen LogP contribution is -2.41. The van der Waals surface area contributed by atoms with E-state index >= 15 is 0 Å². The Balaban J connectivity index is 1.36. The molecule has 178 valence electrons. The Labute approximate surface area is 196 Å². The molecule has 1 aromatic carbocycles. The van der Waals surface area contributed by atoms with Crippen LogP contribution in [0.3, 0.4) is 0 Å².